The molecule has 0 fully saturated rings. The van der Waals surface area contributed by atoms with Crippen molar-refractivity contribution in [1.82, 2.24) is 5.32 Å². The highest BCUT2D eigenvalue weighted by Crippen LogP contribution is 2.20. The molecule has 78 valence electrons. The van der Waals surface area contributed by atoms with Crippen LogP contribution in [-0.2, 0) is 6.54 Å². The third-order valence-electron chi connectivity index (χ3n) is 1.82. The number of nitrogens with one attached hydrogen (secondary N) is 1. The summed E-state index contributed by atoms with van der Waals surface area (Å²) in [4.78, 5) is 0. The zero-order valence-corrected chi connectivity index (χ0v) is 9.96. The van der Waals surface area contributed by atoms with Crippen LogP contribution in [0.4, 0.5) is 0 Å². The van der Waals surface area contributed by atoms with Crippen LogP contribution in [0, 0.1) is 0 Å². The molecule has 1 N–H and O–H groups in total. The van der Waals surface area contributed by atoms with Gasteiger partial charge in [-0.15, -0.1) is 11.6 Å². The van der Waals surface area contributed by atoms with Gasteiger partial charge in [0.25, 0.3) is 0 Å². The van der Waals surface area contributed by atoms with Crippen LogP contribution in [0.5, 0.6) is 0 Å². The largest absolute Gasteiger partial charge is 0.313 e. The average Bonchev–Trinajstić information content (AvgIpc) is 2.15. The average molecular weight is 253 g/mol. The molecule has 0 heterocycles. The van der Waals surface area contributed by atoms with Gasteiger partial charge in [0, 0.05) is 22.5 Å². The summed E-state index contributed by atoms with van der Waals surface area (Å²) < 4.78 is 0. The minimum Gasteiger partial charge on any atom is -0.313 e. The van der Waals surface area contributed by atoms with Gasteiger partial charge in [-0.05, 0) is 30.7 Å². The van der Waals surface area contributed by atoms with Gasteiger partial charge in [0.2, 0.25) is 0 Å². The smallest absolute Gasteiger partial charge is 0.0465 e. The predicted octanol–water partition coefficient (Wildman–Crippen LogP) is 3.71. The first-order valence-electron chi connectivity index (χ1n) is 4.44. The molecule has 0 radical (unpaired) electrons. The monoisotopic (exact) mass is 251 g/mol. The van der Waals surface area contributed by atoms with E-state index in [0.29, 0.717) is 15.9 Å². The van der Waals surface area contributed by atoms with Crippen molar-refractivity contribution in [3.63, 3.8) is 0 Å². The summed E-state index contributed by atoms with van der Waals surface area (Å²) in [6.07, 6.45) is 0.965. The van der Waals surface area contributed by atoms with Crippen molar-refractivity contribution >= 4 is 34.8 Å². The van der Waals surface area contributed by atoms with Gasteiger partial charge in [-0.2, -0.15) is 0 Å². The van der Waals surface area contributed by atoms with Crippen LogP contribution in [0.3, 0.4) is 0 Å². The van der Waals surface area contributed by atoms with Crippen molar-refractivity contribution in [2.45, 2.75) is 13.0 Å². The molecule has 0 aliphatic heterocycles. The lowest BCUT2D eigenvalue weighted by atomic mass is 10.2. The molecule has 0 bridgehead atoms. The fourth-order valence-electron chi connectivity index (χ4n) is 1.08. The highest BCUT2D eigenvalue weighted by atomic mass is 35.5. The molecule has 0 saturated carbocycles. The Morgan fingerprint density at radius 3 is 2.64 bits per heavy atom. The molecule has 0 atom stereocenters. The fraction of sp³-hybridized carbons (Fsp3) is 0.400. The van der Waals surface area contributed by atoms with E-state index in [1.807, 2.05) is 12.1 Å². The van der Waals surface area contributed by atoms with Crippen LogP contribution >= 0.6 is 34.8 Å². The van der Waals surface area contributed by atoms with E-state index < -0.39 is 0 Å². The van der Waals surface area contributed by atoms with E-state index in [0.717, 1.165) is 25.1 Å². The lowest BCUT2D eigenvalue weighted by Gasteiger charge is -2.05. The van der Waals surface area contributed by atoms with Gasteiger partial charge >= 0.3 is 0 Å². The Bertz CT molecular complexity index is 289. The Hall–Kier alpha value is 0.0500. The number of alkyl halides is 1. The highest BCUT2D eigenvalue weighted by molar-refractivity contribution is 6.35. The Morgan fingerprint density at radius 2 is 2.00 bits per heavy atom. The molecule has 0 aromatic heterocycles. The quantitative estimate of drug-likeness (QED) is 0.622. The lowest BCUT2D eigenvalue weighted by molar-refractivity contribution is 0.678. The summed E-state index contributed by atoms with van der Waals surface area (Å²) in [5.41, 5.74) is 1.06. The third-order valence-corrected chi connectivity index (χ3v) is 2.67. The normalized spacial score (nSPS) is 10.5. The van der Waals surface area contributed by atoms with Crippen molar-refractivity contribution < 1.29 is 0 Å². The maximum absolute atomic E-state index is 5.99. The van der Waals surface area contributed by atoms with Gasteiger partial charge in [-0.1, -0.05) is 29.3 Å². The van der Waals surface area contributed by atoms with Crippen LogP contribution in [0.1, 0.15) is 12.0 Å². The number of halogens is 3. The third kappa shape index (κ3) is 4.05. The molecule has 1 rings (SSSR count). The standard InChI is InChI=1S/C10H12Cl3N/c11-4-1-5-14-7-8-2-3-9(12)6-10(8)13/h2-3,6,14H,1,4-5,7H2. The summed E-state index contributed by atoms with van der Waals surface area (Å²) >= 11 is 17.3. The molecule has 0 saturated heterocycles. The van der Waals surface area contributed by atoms with E-state index in [9.17, 15) is 0 Å². The second-order valence-electron chi connectivity index (χ2n) is 2.96. The predicted molar refractivity (Wildman–Crippen MR) is 63.5 cm³/mol. The van der Waals surface area contributed by atoms with Crippen molar-refractivity contribution in [3.8, 4) is 0 Å². The molecule has 0 amide bonds. The zero-order valence-electron chi connectivity index (χ0n) is 7.69. The second-order valence-corrected chi connectivity index (χ2v) is 4.18. The second kappa shape index (κ2) is 6.52. The minimum absolute atomic E-state index is 0.666. The molecular formula is C10H12Cl3N. The topological polar surface area (TPSA) is 12.0 Å². The molecule has 1 aromatic carbocycles. The SMILES string of the molecule is ClCCCNCc1ccc(Cl)cc1Cl. The Kier molecular flexibility index (Phi) is 5.64. The van der Waals surface area contributed by atoms with Gasteiger partial charge in [0.15, 0.2) is 0 Å². The zero-order chi connectivity index (χ0) is 10.4. The highest BCUT2D eigenvalue weighted by Gasteiger charge is 1.99. The van der Waals surface area contributed by atoms with Crippen LogP contribution in [0.15, 0.2) is 18.2 Å². The molecule has 14 heavy (non-hydrogen) atoms. The number of benzene rings is 1. The first-order valence-corrected chi connectivity index (χ1v) is 5.73. The summed E-state index contributed by atoms with van der Waals surface area (Å²) in [7, 11) is 0. The van der Waals surface area contributed by atoms with E-state index in [-0.39, 0.29) is 0 Å². The Labute approximate surface area is 99.4 Å². The van der Waals surface area contributed by atoms with E-state index in [2.05, 4.69) is 5.32 Å². The van der Waals surface area contributed by atoms with Crippen LogP contribution in [0.2, 0.25) is 10.0 Å². The van der Waals surface area contributed by atoms with Gasteiger partial charge in [0.05, 0.1) is 0 Å². The van der Waals surface area contributed by atoms with Gasteiger partial charge < -0.3 is 5.32 Å². The summed E-state index contributed by atoms with van der Waals surface area (Å²) in [6, 6.07) is 5.52. The summed E-state index contributed by atoms with van der Waals surface area (Å²) in [5, 5.41) is 4.62. The van der Waals surface area contributed by atoms with Gasteiger partial charge in [0.1, 0.15) is 0 Å². The molecule has 0 aliphatic carbocycles. The maximum Gasteiger partial charge on any atom is 0.0465 e. The number of hydrogen-bond acceptors (Lipinski definition) is 1. The molecule has 0 aliphatic rings. The first kappa shape index (κ1) is 12.1. The van der Waals surface area contributed by atoms with Gasteiger partial charge in [-0.25, -0.2) is 0 Å². The maximum atomic E-state index is 5.99. The number of hydrogen-bond donors (Lipinski definition) is 1. The van der Waals surface area contributed by atoms with Crippen molar-refractivity contribution in [2.24, 2.45) is 0 Å². The Morgan fingerprint density at radius 1 is 1.21 bits per heavy atom. The molecule has 1 aromatic rings. The molecule has 0 unspecified atom stereocenters. The van der Waals surface area contributed by atoms with Crippen molar-refractivity contribution in [2.75, 3.05) is 12.4 Å². The van der Waals surface area contributed by atoms with E-state index in [4.69, 9.17) is 34.8 Å². The summed E-state index contributed by atoms with van der Waals surface area (Å²) in [5.74, 6) is 0.682. The van der Waals surface area contributed by atoms with Crippen molar-refractivity contribution in [1.29, 1.82) is 0 Å². The Balaban J connectivity index is 2.42. The van der Waals surface area contributed by atoms with E-state index in [1.165, 1.54) is 0 Å². The minimum atomic E-state index is 0.666. The van der Waals surface area contributed by atoms with E-state index in [1.54, 1.807) is 6.07 Å². The van der Waals surface area contributed by atoms with Gasteiger partial charge in [-0.3, -0.25) is 0 Å². The van der Waals surface area contributed by atoms with E-state index >= 15 is 0 Å². The van der Waals surface area contributed by atoms with Crippen molar-refractivity contribution in [3.05, 3.63) is 33.8 Å². The molecule has 0 spiro atoms. The van der Waals surface area contributed by atoms with Crippen LogP contribution in [-0.4, -0.2) is 12.4 Å². The van der Waals surface area contributed by atoms with Crippen LogP contribution < -0.4 is 5.32 Å². The summed E-state index contributed by atoms with van der Waals surface area (Å²) in [6.45, 7) is 1.66. The lowest BCUT2D eigenvalue weighted by Crippen LogP contribution is -2.15. The van der Waals surface area contributed by atoms with Crippen LogP contribution in [0.25, 0.3) is 0 Å². The number of rotatable bonds is 5. The molecule has 1 nitrogen and oxygen atoms in total. The fourth-order valence-corrected chi connectivity index (χ4v) is 1.69. The molecular weight excluding hydrogens is 240 g/mol. The first-order chi connectivity index (χ1) is 6.74. The molecule has 4 heteroatoms.